The zero-order valence-corrected chi connectivity index (χ0v) is 11.2. The van der Waals surface area contributed by atoms with Gasteiger partial charge in [0.2, 0.25) is 0 Å². The first-order valence-corrected chi connectivity index (χ1v) is 6.69. The van der Waals surface area contributed by atoms with Gasteiger partial charge in [-0.05, 0) is 18.2 Å². The van der Waals surface area contributed by atoms with Gasteiger partial charge in [0.1, 0.15) is 0 Å². The number of benzene rings is 1. The molecule has 15 heavy (non-hydrogen) atoms. The number of rotatable bonds is 7. The van der Waals surface area contributed by atoms with Gasteiger partial charge in [0.15, 0.2) is 0 Å². The van der Waals surface area contributed by atoms with Crippen LogP contribution in [0.1, 0.15) is 0 Å². The van der Waals surface area contributed by atoms with Crippen LogP contribution in [0.3, 0.4) is 0 Å². The van der Waals surface area contributed by atoms with Crippen LogP contribution in [-0.4, -0.2) is 32.6 Å². The van der Waals surface area contributed by atoms with Crippen molar-refractivity contribution in [1.82, 2.24) is 5.32 Å². The first-order valence-electron chi connectivity index (χ1n) is 4.91. The molecule has 0 atom stereocenters. The molecule has 0 unspecified atom stereocenters. The molecule has 1 aromatic rings. The van der Waals surface area contributed by atoms with Crippen LogP contribution in [0.25, 0.3) is 0 Å². The molecule has 4 heteroatoms. The van der Waals surface area contributed by atoms with Gasteiger partial charge in [-0.2, -0.15) is 0 Å². The highest BCUT2D eigenvalue weighted by atomic mass is 79.9. The Bertz CT molecular complexity index is 283. The Morgan fingerprint density at radius 3 is 3.00 bits per heavy atom. The minimum Gasteiger partial charge on any atom is -0.383 e. The molecule has 1 aromatic carbocycles. The van der Waals surface area contributed by atoms with Crippen molar-refractivity contribution < 1.29 is 4.74 Å². The van der Waals surface area contributed by atoms with Crippen LogP contribution in [0.2, 0.25) is 0 Å². The van der Waals surface area contributed by atoms with Gasteiger partial charge in [-0.3, -0.25) is 0 Å². The fourth-order valence-corrected chi connectivity index (χ4v) is 2.52. The summed E-state index contributed by atoms with van der Waals surface area (Å²) in [6, 6.07) is 8.37. The van der Waals surface area contributed by atoms with E-state index < -0.39 is 0 Å². The smallest absolute Gasteiger partial charge is 0.0587 e. The minimum atomic E-state index is 0.779. The summed E-state index contributed by atoms with van der Waals surface area (Å²) in [4.78, 5) is 1.30. The van der Waals surface area contributed by atoms with E-state index in [0.29, 0.717) is 0 Å². The van der Waals surface area contributed by atoms with Crippen LogP contribution >= 0.6 is 27.7 Å². The highest BCUT2D eigenvalue weighted by Gasteiger charge is 1.94. The number of halogens is 1. The molecule has 0 spiro atoms. The predicted molar refractivity (Wildman–Crippen MR) is 69.6 cm³/mol. The minimum absolute atomic E-state index is 0.779. The number of nitrogens with one attached hydrogen (secondary N) is 1. The van der Waals surface area contributed by atoms with Crippen molar-refractivity contribution in [2.24, 2.45) is 0 Å². The van der Waals surface area contributed by atoms with Crippen LogP contribution in [0.4, 0.5) is 0 Å². The number of ether oxygens (including phenoxy) is 1. The van der Waals surface area contributed by atoms with Crippen molar-refractivity contribution >= 4 is 27.7 Å². The SMILES string of the molecule is COCCNCCSc1cccc(Br)c1. The average molecular weight is 290 g/mol. The Labute approximate surface area is 104 Å². The van der Waals surface area contributed by atoms with E-state index in [1.165, 1.54) is 4.90 Å². The van der Waals surface area contributed by atoms with Gasteiger partial charge in [0, 0.05) is 35.3 Å². The van der Waals surface area contributed by atoms with Gasteiger partial charge >= 0.3 is 0 Å². The van der Waals surface area contributed by atoms with E-state index in [1.807, 2.05) is 17.8 Å². The van der Waals surface area contributed by atoms with E-state index in [2.05, 4.69) is 39.4 Å². The summed E-state index contributed by atoms with van der Waals surface area (Å²) in [7, 11) is 1.72. The fourth-order valence-electron chi connectivity index (χ4n) is 1.10. The average Bonchev–Trinajstić information content (AvgIpc) is 2.23. The maximum absolute atomic E-state index is 4.95. The first kappa shape index (κ1) is 13.0. The molecule has 0 radical (unpaired) electrons. The lowest BCUT2D eigenvalue weighted by atomic mass is 10.4. The lowest BCUT2D eigenvalue weighted by Gasteiger charge is -2.04. The van der Waals surface area contributed by atoms with Gasteiger partial charge in [0.05, 0.1) is 6.61 Å². The van der Waals surface area contributed by atoms with Crippen molar-refractivity contribution in [3.63, 3.8) is 0 Å². The monoisotopic (exact) mass is 289 g/mol. The second-order valence-electron chi connectivity index (χ2n) is 3.05. The van der Waals surface area contributed by atoms with Crippen LogP contribution in [-0.2, 0) is 4.74 Å². The Kier molecular flexibility index (Phi) is 7.09. The van der Waals surface area contributed by atoms with Crippen LogP contribution in [0.5, 0.6) is 0 Å². The molecule has 0 aliphatic heterocycles. The zero-order chi connectivity index (χ0) is 10.9. The summed E-state index contributed by atoms with van der Waals surface area (Å²) in [5.74, 6) is 1.08. The van der Waals surface area contributed by atoms with Crippen LogP contribution in [0.15, 0.2) is 33.6 Å². The van der Waals surface area contributed by atoms with E-state index in [0.717, 1.165) is 29.9 Å². The van der Waals surface area contributed by atoms with E-state index in [9.17, 15) is 0 Å². The van der Waals surface area contributed by atoms with Gasteiger partial charge in [0.25, 0.3) is 0 Å². The normalized spacial score (nSPS) is 10.5. The summed E-state index contributed by atoms with van der Waals surface area (Å²) in [5.41, 5.74) is 0. The summed E-state index contributed by atoms with van der Waals surface area (Å²) in [6.07, 6.45) is 0. The number of methoxy groups -OCH3 is 1. The molecule has 84 valence electrons. The molecule has 0 saturated carbocycles. The van der Waals surface area contributed by atoms with E-state index in [4.69, 9.17) is 4.74 Å². The van der Waals surface area contributed by atoms with E-state index in [1.54, 1.807) is 7.11 Å². The molecule has 1 N–H and O–H groups in total. The summed E-state index contributed by atoms with van der Waals surface area (Å²) in [5, 5.41) is 3.31. The molecule has 0 bridgehead atoms. The lowest BCUT2D eigenvalue weighted by Crippen LogP contribution is -2.21. The molecule has 0 aromatic heterocycles. The highest BCUT2D eigenvalue weighted by Crippen LogP contribution is 2.21. The molecule has 0 heterocycles. The molecule has 0 aliphatic rings. The quantitative estimate of drug-likeness (QED) is 0.616. The number of hydrogen-bond acceptors (Lipinski definition) is 3. The number of thioether (sulfide) groups is 1. The Balaban J connectivity index is 2.10. The van der Waals surface area contributed by atoms with Crippen LogP contribution in [0, 0.1) is 0 Å². The molecular weight excluding hydrogens is 274 g/mol. The second kappa shape index (κ2) is 8.16. The highest BCUT2D eigenvalue weighted by molar-refractivity contribution is 9.10. The Hall–Kier alpha value is -0.0300. The topological polar surface area (TPSA) is 21.3 Å². The largest absolute Gasteiger partial charge is 0.383 e. The molecule has 0 saturated heterocycles. The van der Waals surface area contributed by atoms with Crippen molar-refractivity contribution in [3.05, 3.63) is 28.7 Å². The van der Waals surface area contributed by atoms with E-state index in [-0.39, 0.29) is 0 Å². The lowest BCUT2D eigenvalue weighted by molar-refractivity contribution is 0.200. The van der Waals surface area contributed by atoms with Gasteiger partial charge < -0.3 is 10.1 Å². The molecular formula is C11H16BrNOS. The molecule has 1 rings (SSSR count). The summed E-state index contributed by atoms with van der Waals surface area (Å²) in [6.45, 7) is 2.72. The van der Waals surface area contributed by atoms with Crippen molar-refractivity contribution in [3.8, 4) is 0 Å². The third kappa shape index (κ3) is 6.20. The van der Waals surface area contributed by atoms with E-state index >= 15 is 0 Å². The molecule has 0 amide bonds. The Morgan fingerprint density at radius 1 is 1.40 bits per heavy atom. The molecule has 0 fully saturated rings. The van der Waals surface area contributed by atoms with Gasteiger partial charge in [-0.25, -0.2) is 0 Å². The van der Waals surface area contributed by atoms with Crippen molar-refractivity contribution in [2.75, 3.05) is 32.6 Å². The van der Waals surface area contributed by atoms with Crippen LogP contribution < -0.4 is 5.32 Å². The Morgan fingerprint density at radius 2 is 2.27 bits per heavy atom. The number of hydrogen-bond donors (Lipinski definition) is 1. The molecule has 2 nitrogen and oxygen atoms in total. The predicted octanol–water partition coefficient (Wildman–Crippen LogP) is 2.78. The third-order valence-electron chi connectivity index (χ3n) is 1.83. The maximum atomic E-state index is 4.95. The first-order chi connectivity index (χ1) is 7.33. The zero-order valence-electron chi connectivity index (χ0n) is 8.83. The standard InChI is InChI=1S/C11H16BrNOS/c1-14-7-5-13-6-8-15-11-4-2-3-10(12)9-11/h2-4,9,13H,5-8H2,1H3. The van der Waals surface area contributed by atoms with Crippen molar-refractivity contribution in [2.45, 2.75) is 4.90 Å². The fraction of sp³-hybridized carbons (Fsp3) is 0.455. The summed E-state index contributed by atoms with van der Waals surface area (Å²) < 4.78 is 6.09. The van der Waals surface area contributed by atoms with Gasteiger partial charge in [-0.1, -0.05) is 22.0 Å². The molecule has 0 aliphatic carbocycles. The van der Waals surface area contributed by atoms with Gasteiger partial charge in [-0.15, -0.1) is 11.8 Å². The third-order valence-corrected chi connectivity index (χ3v) is 3.32. The maximum Gasteiger partial charge on any atom is 0.0587 e. The second-order valence-corrected chi connectivity index (χ2v) is 5.13. The summed E-state index contributed by atoms with van der Waals surface area (Å²) >= 11 is 5.32. The van der Waals surface area contributed by atoms with Crippen molar-refractivity contribution in [1.29, 1.82) is 0 Å².